The van der Waals surface area contributed by atoms with Crippen LogP contribution in [0.4, 0.5) is 10.2 Å². The van der Waals surface area contributed by atoms with Crippen LogP contribution in [0.2, 0.25) is 0 Å². The van der Waals surface area contributed by atoms with Gasteiger partial charge in [0, 0.05) is 6.61 Å². The highest BCUT2D eigenvalue weighted by Gasteiger charge is 2.30. The van der Waals surface area contributed by atoms with Crippen LogP contribution in [0.1, 0.15) is 45.3 Å². The second-order valence-electron chi connectivity index (χ2n) is 5.18. The zero-order valence-electron chi connectivity index (χ0n) is 11.5. The van der Waals surface area contributed by atoms with E-state index in [1.54, 1.807) is 6.92 Å². The van der Waals surface area contributed by atoms with Crippen molar-refractivity contribution in [2.24, 2.45) is 11.3 Å². The van der Waals surface area contributed by atoms with Gasteiger partial charge in [-0.2, -0.15) is 0 Å². The van der Waals surface area contributed by atoms with Crippen LogP contribution in [-0.4, -0.2) is 16.6 Å². The normalized spacial score (nSPS) is 13.5. The Hall–Kier alpha value is -1.27. The molecule has 0 saturated heterocycles. The molecule has 5 nitrogen and oxygen atoms in total. The molecule has 18 heavy (non-hydrogen) atoms. The number of nitrogens with two attached hydrogens (primary N) is 1. The minimum absolute atomic E-state index is 0.00791. The topological polar surface area (TPSA) is 73.1 Å². The average Bonchev–Trinajstić information content (AvgIpc) is 2.28. The number of hydrogen-bond donors (Lipinski definition) is 2. The molecule has 0 bridgehead atoms. The van der Waals surface area contributed by atoms with E-state index in [0.29, 0.717) is 12.4 Å². The van der Waals surface area contributed by atoms with Gasteiger partial charge in [-0.3, -0.25) is 0 Å². The highest BCUT2D eigenvalue weighted by atomic mass is 19.1. The van der Waals surface area contributed by atoms with Crippen molar-refractivity contribution in [3.05, 3.63) is 17.3 Å². The lowest BCUT2D eigenvalue weighted by Crippen LogP contribution is -2.25. The Morgan fingerprint density at radius 1 is 1.39 bits per heavy atom. The first-order chi connectivity index (χ1) is 8.31. The summed E-state index contributed by atoms with van der Waals surface area (Å²) < 4.78 is 19.3. The van der Waals surface area contributed by atoms with Crippen molar-refractivity contribution in [3.63, 3.8) is 0 Å². The lowest BCUT2D eigenvalue weighted by atomic mass is 9.88. The summed E-state index contributed by atoms with van der Waals surface area (Å²) in [6.45, 7) is 10.1. The Labute approximate surface area is 107 Å². The van der Waals surface area contributed by atoms with Crippen LogP contribution in [-0.2, 0) is 4.74 Å². The van der Waals surface area contributed by atoms with E-state index in [1.165, 1.54) is 0 Å². The van der Waals surface area contributed by atoms with E-state index in [2.05, 4.69) is 15.4 Å². The summed E-state index contributed by atoms with van der Waals surface area (Å²) in [4.78, 5) is 8.25. The third-order valence-electron chi connectivity index (χ3n) is 2.53. The quantitative estimate of drug-likeness (QED) is 0.639. The molecule has 0 aliphatic heterocycles. The molecule has 102 valence electrons. The molecule has 1 heterocycles. The number of aryl methyl sites for hydroxylation is 1. The second kappa shape index (κ2) is 5.58. The van der Waals surface area contributed by atoms with E-state index in [1.807, 2.05) is 27.7 Å². The molecule has 1 unspecified atom stereocenters. The van der Waals surface area contributed by atoms with Gasteiger partial charge in [0.05, 0.1) is 5.69 Å². The van der Waals surface area contributed by atoms with Crippen molar-refractivity contribution < 1.29 is 9.13 Å². The van der Waals surface area contributed by atoms with Crippen molar-refractivity contribution >= 4 is 5.82 Å². The van der Waals surface area contributed by atoms with Gasteiger partial charge in [0.25, 0.3) is 0 Å². The van der Waals surface area contributed by atoms with Crippen LogP contribution in [0, 0.1) is 18.2 Å². The van der Waals surface area contributed by atoms with Crippen molar-refractivity contribution in [3.8, 4) is 0 Å². The fourth-order valence-corrected chi connectivity index (χ4v) is 1.67. The van der Waals surface area contributed by atoms with E-state index in [4.69, 9.17) is 10.6 Å². The van der Waals surface area contributed by atoms with E-state index < -0.39 is 5.82 Å². The molecule has 0 amide bonds. The molecule has 6 heteroatoms. The molecule has 1 aromatic heterocycles. The molecule has 1 aromatic rings. The summed E-state index contributed by atoms with van der Waals surface area (Å²) >= 11 is 0. The lowest BCUT2D eigenvalue weighted by Gasteiger charge is -2.29. The first kappa shape index (κ1) is 14.8. The molecule has 0 aliphatic rings. The fraction of sp³-hybridized carbons (Fsp3) is 0.667. The number of ether oxygens (including phenoxy) is 1. The minimum Gasteiger partial charge on any atom is -0.370 e. The van der Waals surface area contributed by atoms with Gasteiger partial charge in [0.1, 0.15) is 6.10 Å². The smallest absolute Gasteiger partial charge is 0.187 e. The number of nitrogen functional groups attached to an aromatic ring is 1. The molecule has 0 aromatic carbocycles. The monoisotopic (exact) mass is 256 g/mol. The first-order valence-corrected chi connectivity index (χ1v) is 5.93. The third-order valence-corrected chi connectivity index (χ3v) is 2.53. The molecule has 0 spiro atoms. The lowest BCUT2D eigenvalue weighted by molar-refractivity contribution is -0.0192. The average molecular weight is 256 g/mol. The highest BCUT2D eigenvalue weighted by Crippen LogP contribution is 2.35. The summed E-state index contributed by atoms with van der Waals surface area (Å²) in [5.74, 6) is 5.15. The van der Waals surface area contributed by atoms with Gasteiger partial charge in [-0.25, -0.2) is 20.2 Å². The zero-order valence-corrected chi connectivity index (χ0v) is 11.5. The van der Waals surface area contributed by atoms with Crippen molar-refractivity contribution in [1.82, 2.24) is 9.97 Å². The van der Waals surface area contributed by atoms with Crippen LogP contribution in [0.15, 0.2) is 0 Å². The fourth-order valence-electron chi connectivity index (χ4n) is 1.67. The molecular formula is C12H21FN4O. The van der Waals surface area contributed by atoms with Gasteiger partial charge in [-0.15, -0.1) is 0 Å². The van der Waals surface area contributed by atoms with Crippen LogP contribution < -0.4 is 11.3 Å². The Balaban J connectivity index is 3.25. The largest absolute Gasteiger partial charge is 0.370 e. The zero-order chi connectivity index (χ0) is 13.9. The maximum atomic E-state index is 13.6. The summed E-state index contributed by atoms with van der Waals surface area (Å²) in [7, 11) is 0. The highest BCUT2D eigenvalue weighted by molar-refractivity contribution is 5.36. The summed E-state index contributed by atoms with van der Waals surface area (Å²) in [5.41, 5.74) is 2.31. The van der Waals surface area contributed by atoms with Gasteiger partial charge in [-0.1, -0.05) is 20.8 Å². The second-order valence-corrected chi connectivity index (χ2v) is 5.18. The third kappa shape index (κ3) is 3.14. The number of nitrogens with one attached hydrogen (secondary N) is 1. The van der Waals surface area contributed by atoms with Gasteiger partial charge in [0.2, 0.25) is 0 Å². The van der Waals surface area contributed by atoms with Gasteiger partial charge >= 0.3 is 0 Å². The number of nitrogens with zero attached hydrogens (tertiary/aromatic N) is 2. The van der Waals surface area contributed by atoms with Crippen molar-refractivity contribution in [1.29, 1.82) is 0 Å². The standard InChI is InChI=1S/C12H21FN4O/c1-6-18-9(12(3,4)5)11-15-7(2)8(13)10(16-11)17-14/h9H,6,14H2,1-5H3,(H,15,16,17). The van der Waals surface area contributed by atoms with E-state index in [-0.39, 0.29) is 23.0 Å². The van der Waals surface area contributed by atoms with E-state index in [9.17, 15) is 4.39 Å². The van der Waals surface area contributed by atoms with E-state index >= 15 is 0 Å². The van der Waals surface area contributed by atoms with Crippen molar-refractivity contribution in [2.75, 3.05) is 12.0 Å². The predicted octanol–water partition coefficient (Wildman–Crippen LogP) is 2.33. The van der Waals surface area contributed by atoms with Crippen LogP contribution in [0.25, 0.3) is 0 Å². The summed E-state index contributed by atoms with van der Waals surface area (Å²) in [6, 6.07) is 0. The number of aromatic nitrogens is 2. The molecule has 3 N–H and O–H groups in total. The van der Waals surface area contributed by atoms with Crippen molar-refractivity contribution in [2.45, 2.75) is 40.7 Å². The number of rotatable bonds is 4. The van der Waals surface area contributed by atoms with Crippen LogP contribution in [0.5, 0.6) is 0 Å². The number of hydrogen-bond acceptors (Lipinski definition) is 5. The van der Waals surface area contributed by atoms with E-state index in [0.717, 1.165) is 0 Å². The van der Waals surface area contributed by atoms with Gasteiger partial charge in [0.15, 0.2) is 17.5 Å². The maximum absolute atomic E-state index is 13.6. The Morgan fingerprint density at radius 2 is 2.00 bits per heavy atom. The van der Waals surface area contributed by atoms with Gasteiger partial charge in [-0.05, 0) is 19.3 Å². The Bertz CT molecular complexity index is 417. The number of hydrazine groups is 1. The molecule has 0 radical (unpaired) electrons. The Kier molecular flexibility index (Phi) is 4.59. The molecule has 0 fully saturated rings. The molecule has 1 atom stereocenters. The molecule has 0 saturated carbocycles. The Morgan fingerprint density at radius 3 is 2.44 bits per heavy atom. The van der Waals surface area contributed by atoms with Gasteiger partial charge < -0.3 is 10.2 Å². The molecule has 0 aliphatic carbocycles. The molecule has 1 rings (SSSR count). The van der Waals surface area contributed by atoms with Crippen LogP contribution in [0.3, 0.4) is 0 Å². The maximum Gasteiger partial charge on any atom is 0.187 e. The number of halogens is 1. The minimum atomic E-state index is -0.537. The number of anilines is 1. The predicted molar refractivity (Wildman–Crippen MR) is 68.4 cm³/mol. The van der Waals surface area contributed by atoms with Crippen LogP contribution >= 0.6 is 0 Å². The summed E-state index contributed by atoms with van der Waals surface area (Å²) in [6.07, 6.45) is -0.311. The first-order valence-electron chi connectivity index (χ1n) is 5.93. The summed E-state index contributed by atoms with van der Waals surface area (Å²) in [5, 5.41) is 0. The SMILES string of the molecule is CCOC(c1nc(C)c(F)c(NN)n1)C(C)(C)C. The molecular weight excluding hydrogens is 235 g/mol.